The lowest BCUT2D eigenvalue weighted by Gasteiger charge is -2.12. The highest BCUT2D eigenvalue weighted by Gasteiger charge is 2.21. The first-order valence-electron chi connectivity index (χ1n) is 8.89. The van der Waals surface area contributed by atoms with Gasteiger partial charge in [-0.3, -0.25) is 4.79 Å². The number of nitrogens with zero attached hydrogens (tertiary/aromatic N) is 1. The molecule has 27 heavy (non-hydrogen) atoms. The highest BCUT2D eigenvalue weighted by Crippen LogP contribution is 2.24. The minimum atomic E-state index is -0.302. The Kier molecular flexibility index (Phi) is 5.31. The van der Waals surface area contributed by atoms with Gasteiger partial charge in [0.05, 0.1) is 5.56 Å². The molecule has 1 heterocycles. The number of carbonyl (C=O) groups excluding carboxylic acids is 1. The van der Waals surface area contributed by atoms with Crippen molar-refractivity contribution in [3.8, 4) is 5.75 Å². The second-order valence-corrected chi connectivity index (χ2v) is 6.84. The number of anilines is 1. The van der Waals surface area contributed by atoms with Crippen molar-refractivity contribution in [2.45, 2.75) is 41.2 Å². The summed E-state index contributed by atoms with van der Waals surface area (Å²) in [4.78, 5) is 12.8. The Hall–Kier alpha value is -3.08. The van der Waals surface area contributed by atoms with Gasteiger partial charge in [0.1, 0.15) is 18.1 Å². The van der Waals surface area contributed by atoms with E-state index in [4.69, 9.17) is 9.26 Å². The molecular formula is C22H24N2O3. The average Bonchev–Trinajstić information content (AvgIpc) is 2.99. The normalized spacial score (nSPS) is 10.7. The Balaban J connectivity index is 1.82. The van der Waals surface area contributed by atoms with Gasteiger partial charge in [0, 0.05) is 5.69 Å². The molecular weight excluding hydrogens is 340 g/mol. The Morgan fingerprint density at radius 3 is 2.44 bits per heavy atom. The Bertz CT molecular complexity index is 969. The maximum absolute atomic E-state index is 12.8. The summed E-state index contributed by atoms with van der Waals surface area (Å²) >= 11 is 0. The SMILES string of the molecule is Cc1ccc(C)c(OCc2c(C(=O)Nc3c(C)cccc3C)noc2C)c1. The van der Waals surface area contributed by atoms with Crippen LogP contribution in [0.5, 0.6) is 5.75 Å². The fourth-order valence-corrected chi connectivity index (χ4v) is 2.94. The van der Waals surface area contributed by atoms with E-state index in [9.17, 15) is 4.79 Å². The smallest absolute Gasteiger partial charge is 0.278 e. The lowest BCUT2D eigenvalue weighted by Crippen LogP contribution is -2.17. The molecule has 0 aliphatic heterocycles. The molecule has 0 spiro atoms. The standard InChI is InChI=1S/C22H24N2O3/c1-13-9-10-14(2)19(11-13)26-12-18-17(5)27-24-21(18)22(25)23-20-15(3)7-6-8-16(20)4/h6-11H,12H2,1-5H3,(H,23,25). The van der Waals surface area contributed by atoms with Crippen LogP contribution in [0.15, 0.2) is 40.9 Å². The molecule has 1 N–H and O–H groups in total. The molecule has 1 amide bonds. The molecule has 3 rings (SSSR count). The first-order chi connectivity index (χ1) is 12.9. The van der Waals surface area contributed by atoms with Crippen molar-refractivity contribution in [1.29, 1.82) is 0 Å². The van der Waals surface area contributed by atoms with E-state index in [0.29, 0.717) is 11.3 Å². The number of rotatable bonds is 5. The maximum atomic E-state index is 12.8. The molecule has 140 valence electrons. The number of aryl methyl sites for hydroxylation is 5. The van der Waals surface area contributed by atoms with Crippen LogP contribution >= 0.6 is 0 Å². The van der Waals surface area contributed by atoms with Crippen molar-refractivity contribution >= 4 is 11.6 Å². The third-order valence-electron chi connectivity index (χ3n) is 4.64. The molecule has 3 aromatic rings. The third-order valence-corrected chi connectivity index (χ3v) is 4.64. The molecule has 0 atom stereocenters. The largest absolute Gasteiger partial charge is 0.488 e. The summed E-state index contributed by atoms with van der Waals surface area (Å²) in [7, 11) is 0. The molecule has 5 heteroatoms. The van der Waals surface area contributed by atoms with Crippen LogP contribution in [0.25, 0.3) is 0 Å². The van der Waals surface area contributed by atoms with Crippen LogP contribution in [0, 0.1) is 34.6 Å². The minimum absolute atomic E-state index is 0.217. The Morgan fingerprint density at radius 2 is 1.74 bits per heavy atom. The summed E-state index contributed by atoms with van der Waals surface area (Å²) < 4.78 is 11.2. The van der Waals surface area contributed by atoms with Gasteiger partial charge in [-0.15, -0.1) is 0 Å². The van der Waals surface area contributed by atoms with Crippen molar-refractivity contribution in [3.05, 3.63) is 75.7 Å². The molecule has 2 aromatic carbocycles. The van der Waals surface area contributed by atoms with Crippen LogP contribution < -0.4 is 10.1 Å². The minimum Gasteiger partial charge on any atom is -0.488 e. The summed E-state index contributed by atoms with van der Waals surface area (Å²) in [6.45, 7) is 9.92. The van der Waals surface area contributed by atoms with Crippen LogP contribution in [0.3, 0.4) is 0 Å². The van der Waals surface area contributed by atoms with Crippen molar-refractivity contribution in [1.82, 2.24) is 5.16 Å². The number of aromatic nitrogens is 1. The highest BCUT2D eigenvalue weighted by atomic mass is 16.5. The molecule has 0 aliphatic rings. The summed E-state index contributed by atoms with van der Waals surface area (Å²) in [6.07, 6.45) is 0. The van der Waals surface area contributed by atoms with Gasteiger partial charge in [0.15, 0.2) is 5.69 Å². The number of nitrogens with one attached hydrogen (secondary N) is 1. The van der Waals surface area contributed by atoms with E-state index in [1.165, 1.54) is 0 Å². The topological polar surface area (TPSA) is 64.4 Å². The number of ether oxygens (including phenoxy) is 1. The van der Waals surface area contributed by atoms with Crippen molar-refractivity contribution in [2.75, 3.05) is 5.32 Å². The third kappa shape index (κ3) is 4.03. The second-order valence-electron chi connectivity index (χ2n) is 6.84. The molecule has 0 aliphatic carbocycles. The van der Waals surface area contributed by atoms with Crippen molar-refractivity contribution in [3.63, 3.8) is 0 Å². The lowest BCUT2D eigenvalue weighted by atomic mass is 10.1. The van der Waals surface area contributed by atoms with Gasteiger partial charge in [-0.2, -0.15) is 0 Å². The van der Waals surface area contributed by atoms with E-state index in [2.05, 4.69) is 10.5 Å². The van der Waals surface area contributed by atoms with Gasteiger partial charge in [-0.1, -0.05) is 35.5 Å². The summed E-state index contributed by atoms with van der Waals surface area (Å²) in [5.74, 6) is 1.06. The Morgan fingerprint density at radius 1 is 1.04 bits per heavy atom. The van der Waals surface area contributed by atoms with Crippen molar-refractivity contribution < 1.29 is 14.1 Å². The number of benzene rings is 2. The fraction of sp³-hybridized carbons (Fsp3) is 0.273. The van der Waals surface area contributed by atoms with Gasteiger partial charge < -0.3 is 14.6 Å². The molecule has 1 aromatic heterocycles. The molecule has 0 fully saturated rings. The number of hydrogen-bond donors (Lipinski definition) is 1. The van der Waals surface area contributed by atoms with E-state index in [1.54, 1.807) is 6.92 Å². The van der Waals surface area contributed by atoms with E-state index < -0.39 is 0 Å². The zero-order chi connectivity index (χ0) is 19.6. The average molecular weight is 364 g/mol. The second kappa shape index (κ2) is 7.66. The van der Waals surface area contributed by atoms with E-state index in [1.807, 2.05) is 64.1 Å². The molecule has 0 radical (unpaired) electrons. The lowest BCUT2D eigenvalue weighted by molar-refractivity contribution is 0.101. The van der Waals surface area contributed by atoms with Crippen LogP contribution in [0.2, 0.25) is 0 Å². The quantitative estimate of drug-likeness (QED) is 0.688. The van der Waals surface area contributed by atoms with Gasteiger partial charge in [0.2, 0.25) is 0 Å². The number of hydrogen-bond acceptors (Lipinski definition) is 4. The number of para-hydroxylation sites is 1. The van der Waals surface area contributed by atoms with Gasteiger partial charge in [0.25, 0.3) is 5.91 Å². The first-order valence-corrected chi connectivity index (χ1v) is 8.89. The molecule has 0 saturated heterocycles. The van der Waals surface area contributed by atoms with Crippen LogP contribution in [-0.2, 0) is 6.61 Å². The van der Waals surface area contributed by atoms with E-state index in [0.717, 1.165) is 33.7 Å². The highest BCUT2D eigenvalue weighted by molar-refractivity contribution is 6.04. The summed E-state index contributed by atoms with van der Waals surface area (Å²) in [5, 5.41) is 6.91. The molecule has 0 unspecified atom stereocenters. The fourth-order valence-electron chi connectivity index (χ4n) is 2.94. The predicted octanol–water partition coefficient (Wildman–Crippen LogP) is 5.05. The molecule has 5 nitrogen and oxygen atoms in total. The van der Waals surface area contributed by atoms with Crippen LogP contribution in [-0.4, -0.2) is 11.1 Å². The zero-order valence-corrected chi connectivity index (χ0v) is 16.3. The summed E-state index contributed by atoms with van der Waals surface area (Å²) in [6, 6.07) is 11.9. The molecule has 0 bridgehead atoms. The molecule has 0 saturated carbocycles. The maximum Gasteiger partial charge on any atom is 0.278 e. The van der Waals surface area contributed by atoms with Gasteiger partial charge >= 0.3 is 0 Å². The number of carbonyl (C=O) groups is 1. The number of amides is 1. The van der Waals surface area contributed by atoms with Crippen molar-refractivity contribution in [2.24, 2.45) is 0 Å². The Labute approximate surface area is 159 Å². The van der Waals surface area contributed by atoms with Gasteiger partial charge in [-0.05, 0) is 62.9 Å². The van der Waals surface area contributed by atoms with Gasteiger partial charge in [-0.25, -0.2) is 0 Å². The monoisotopic (exact) mass is 364 g/mol. The zero-order valence-electron chi connectivity index (χ0n) is 16.3. The van der Waals surface area contributed by atoms with E-state index in [-0.39, 0.29) is 18.2 Å². The van der Waals surface area contributed by atoms with Crippen LogP contribution in [0.4, 0.5) is 5.69 Å². The summed E-state index contributed by atoms with van der Waals surface area (Å²) in [5.41, 5.74) is 5.85. The van der Waals surface area contributed by atoms with E-state index >= 15 is 0 Å². The predicted molar refractivity (Wildman–Crippen MR) is 105 cm³/mol. The first kappa shape index (κ1) is 18.7. The van der Waals surface area contributed by atoms with Crippen LogP contribution in [0.1, 0.15) is 44.1 Å².